The zero-order valence-electron chi connectivity index (χ0n) is 7.09. The highest BCUT2D eigenvalue weighted by Gasteiger charge is 2.21. The second-order valence-corrected chi connectivity index (χ2v) is 3.55. The van der Waals surface area contributed by atoms with Crippen molar-refractivity contribution < 1.29 is 4.84 Å². The molecular formula is C9H11ClN2O. The number of anilines is 1. The number of benzene rings is 1. The maximum Gasteiger partial charge on any atom is 0.0883 e. The third-order valence-electron chi connectivity index (χ3n) is 2.23. The van der Waals surface area contributed by atoms with Crippen LogP contribution in [-0.2, 0) is 11.3 Å². The third kappa shape index (κ3) is 1.63. The van der Waals surface area contributed by atoms with Crippen LogP contribution in [0.4, 0.5) is 5.69 Å². The maximum absolute atomic E-state index is 6.02. The van der Waals surface area contributed by atoms with Crippen molar-refractivity contribution in [3.8, 4) is 0 Å². The minimum atomic E-state index is 0.250. The van der Waals surface area contributed by atoms with Gasteiger partial charge in [-0.15, -0.1) is 0 Å². The van der Waals surface area contributed by atoms with Gasteiger partial charge in [-0.25, -0.2) is 5.90 Å². The summed E-state index contributed by atoms with van der Waals surface area (Å²) in [6, 6.07) is 6.09. The molecule has 1 aromatic carbocycles. The minimum absolute atomic E-state index is 0.250. The summed E-state index contributed by atoms with van der Waals surface area (Å²) in [5, 5.41) is 4.10. The van der Waals surface area contributed by atoms with Crippen LogP contribution in [0.1, 0.15) is 5.56 Å². The summed E-state index contributed by atoms with van der Waals surface area (Å²) < 4.78 is 0. The van der Waals surface area contributed by atoms with E-state index in [2.05, 4.69) is 10.2 Å². The Bertz CT molecular complexity index is 316. The van der Waals surface area contributed by atoms with Gasteiger partial charge in [0.25, 0.3) is 0 Å². The standard InChI is InChI=1S/C9H11ClN2O/c10-8-2-1-3-9-7(8)4-6(12-9)5-13-11/h1-3,6,12H,4-5,11H2. The van der Waals surface area contributed by atoms with E-state index >= 15 is 0 Å². The molecule has 1 heterocycles. The highest BCUT2D eigenvalue weighted by Crippen LogP contribution is 2.31. The highest BCUT2D eigenvalue weighted by molar-refractivity contribution is 6.31. The van der Waals surface area contributed by atoms with E-state index in [0.29, 0.717) is 6.61 Å². The number of nitrogens with two attached hydrogens (primary N) is 1. The average molecular weight is 199 g/mol. The quantitative estimate of drug-likeness (QED) is 0.710. The van der Waals surface area contributed by atoms with Gasteiger partial charge in [-0.1, -0.05) is 17.7 Å². The zero-order chi connectivity index (χ0) is 9.26. The predicted octanol–water partition coefficient (Wildman–Crippen LogP) is 1.57. The topological polar surface area (TPSA) is 47.3 Å². The van der Waals surface area contributed by atoms with E-state index in [4.69, 9.17) is 17.5 Å². The van der Waals surface area contributed by atoms with Crippen molar-refractivity contribution in [2.45, 2.75) is 12.5 Å². The van der Waals surface area contributed by atoms with E-state index in [1.807, 2.05) is 18.2 Å². The molecule has 3 nitrogen and oxygen atoms in total. The first-order chi connectivity index (χ1) is 6.31. The van der Waals surface area contributed by atoms with Crippen LogP contribution in [0.2, 0.25) is 5.02 Å². The number of rotatable bonds is 2. The molecule has 1 aromatic rings. The first kappa shape index (κ1) is 8.81. The molecular weight excluding hydrogens is 188 g/mol. The summed E-state index contributed by atoms with van der Waals surface area (Å²) in [6.07, 6.45) is 0.881. The molecule has 0 bridgehead atoms. The van der Waals surface area contributed by atoms with E-state index in [-0.39, 0.29) is 6.04 Å². The molecule has 0 aliphatic carbocycles. The summed E-state index contributed by atoms with van der Waals surface area (Å²) in [5.74, 6) is 5.01. The van der Waals surface area contributed by atoms with Gasteiger partial charge in [0, 0.05) is 10.7 Å². The molecule has 0 radical (unpaired) electrons. The molecule has 1 aliphatic rings. The van der Waals surface area contributed by atoms with Gasteiger partial charge in [-0.05, 0) is 24.1 Å². The third-order valence-corrected chi connectivity index (χ3v) is 2.58. The molecule has 1 unspecified atom stereocenters. The van der Waals surface area contributed by atoms with Crippen molar-refractivity contribution in [3.05, 3.63) is 28.8 Å². The molecule has 0 fully saturated rings. The van der Waals surface area contributed by atoms with E-state index in [9.17, 15) is 0 Å². The smallest absolute Gasteiger partial charge is 0.0883 e. The van der Waals surface area contributed by atoms with Crippen molar-refractivity contribution in [1.29, 1.82) is 0 Å². The van der Waals surface area contributed by atoms with Crippen molar-refractivity contribution in [2.24, 2.45) is 5.90 Å². The fourth-order valence-electron chi connectivity index (χ4n) is 1.64. The molecule has 70 valence electrons. The van der Waals surface area contributed by atoms with E-state index in [0.717, 1.165) is 22.7 Å². The molecule has 13 heavy (non-hydrogen) atoms. The summed E-state index contributed by atoms with van der Waals surface area (Å²) >= 11 is 6.02. The Balaban J connectivity index is 2.20. The molecule has 2 rings (SSSR count). The van der Waals surface area contributed by atoms with Crippen LogP contribution < -0.4 is 11.2 Å². The average Bonchev–Trinajstić information content (AvgIpc) is 2.49. The van der Waals surface area contributed by atoms with Gasteiger partial charge in [-0.3, -0.25) is 0 Å². The Hall–Kier alpha value is -0.770. The second-order valence-electron chi connectivity index (χ2n) is 3.14. The lowest BCUT2D eigenvalue weighted by molar-refractivity contribution is 0.129. The Morgan fingerprint density at radius 3 is 3.15 bits per heavy atom. The normalized spacial score (nSPS) is 19.7. The van der Waals surface area contributed by atoms with Crippen LogP contribution in [0.5, 0.6) is 0 Å². The number of hydrogen-bond donors (Lipinski definition) is 2. The zero-order valence-corrected chi connectivity index (χ0v) is 7.84. The molecule has 0 saturated heterocycles. The largest absolute Gasteiger partial charge is 0.379 e. The van der Waals surface area contributed by atoms with Gasteiger partial charge >= 0.3 is 0 Å². The molecule has 4 heteroatoms. The molecule has 0 amide bonds. The fourth-order valence-corrected chi connectivity index (χ4v) is 1.89. The number of halogens is 1. The van der Waals surface area contributed by atoms with Crippen molar-refractivity contribution in [2.75, 3.05) is 11.9 Å². The summed E-state index contributed by atoms with van der Waals surface area (Å²) in [4.78, 5) is 4.59. The van der Waals surface area contributed by atoms with Crippen LogP contribution in [0, 0.1) is 0 Å². The van der Waals surface area contributed by atoms with E-state index in [1.165, 1.54) is 0 Å². The van der Waals surface area contributed by atoms with Crippen molar-refractivity contribution in [3.63, 3.8) is 0 Å². The first-order valence-electron chi connectivity index (χ1n) is 4.17. The second kappa shape index (κ2) is 3.54. The molecule has 0 aromatic heterocycles. The lowest BCUT2D eigenvalue weighted by Crippen LogP contribution is -2.24. The van der Waals surface area contributed by atoms with Crippen LogP contribution >= 0.6 is 11.6 Å². The van der Waals surface area contributed by atoms with Crippen LogP contribution in [-0.4, -0.2) is 12.6 Å². The number of hydrogen-bond acceptors (Lipinski definition) is 3. The summed E-state index contributed by atoms with van der Waals surface area (Å²) in [7, 11) is 0. The molecule has 1 aliphatic heterocycles. The summed E-state index contributed by atoms with van der Waals surface area (Å²) in [5.41, 5.74) is 2.25. The van der Waals surface area contributed by atoms with E-state index in [1.54, 1.807) is 0 Å². The van der Waals surface area contributed by atoms with Crippen LogP contribution in [0.3, 0.4) is 0 Å². The molecule has 3 N–H and O–H groups in total. The Labute approximate surface area is 81.8 Å². The van der Waals surface area contributed by atoms with Gasteiger partial charge in [0.05, 0.1) is 12.6 Å². The molecule has 0 saturated carbocycles. The van der Waals surface area contributed by atoms with Crippen LogP contribution in [0.25, 0.3) is 0 Å². The molecule has 0 spiro atoms. The van der Waals surface area contributed by atoms with Gasteiger partial charge < -0.3 is 10.2 Å². The monoisotopic (exact) mass is 198 g/mol. The first-order valence-corrected chi connectivity index (χ1v) is 4.54. The number of nitrogens with one attached hydrogen (secondary N) is 1. The maximum atomic E-state index is 6.02. The Kier molecular flexibility index (Phi) is 2.40. The predicted molar refractivity (Wildman–Crippen MR) is 52.7 cm³/mol. The lowest BCUT2D eigenvalue weighted by atomic mass is 10.1. The van der Waals surface area contributed by atoms with Crippen molar-refractivity contribution >= 4 is 17.3 Å². The van der Waals surface area contributed by atoms with Gasteiger partial charge in [-0.2, -0.15) is 0 Å². The minimum Gasteiger partial charge on any atom is -0.379 e. The highest BCUT2D eigenvalue weighted by atomic mass is 35.5. The lowest BCUT2D eigenvalue weighted by Gasteiger charge is -2.07. The van der Waals surface area contributed by atoms with Crippen molar-refractivity contribution in [1.82, 2.24) is 0 Å². The fraction of sp³-hybridized carbons (Fsp3) is 0.333. The van der Waals surface area contributed by atoms with Crippen LogP contribution in [0.15, 0.2) is 18.2 Å². The van der Waals surface area contributed by atoms with Gasteiger partial charge in [0.2, 0.25) is 0 Å². The van der Waals surface area contributed by atoms with Gasteiger partial charge in [0.15, 0.2) is 0 Å². The Morgan fingerprint density at radius 2 is 2.46 bits per heavy atom. The van der Waals surface area contributed by atoms with E-state index < -0.39 is 0 Å². The Morgan fingerprint density at radius 1 is 1.62 bits per heavy atom. The molecule has 1 atom stereocenters. The van der Waals surface area contributed by atoms with Gasteiger partial charge in [0.1, 0.15) is 0 Å². The summed E-state index contributed by atoms with van der Waals surface area (Å²) in [6.45, 7) is 0.505. The SMILES string of the molecule is NOCC1Cc2c(Cl)cccc2N1. The number of fused-ring (bicyclic) bond motifs is 1.